The topological polar surface area (TPSA) is 66.6 Å². The summed E-state index contributed by atoms with van der Waals surface area (Å²) >= 11 is 0. The third-order valence-electron chi connectivity index (χ3n) is 2.12. The van der Waals surface area contributed by atoms with Crippen LogP contribution in [0.4, 0.5) is 0 Å². The van der Waals surface area contributed by atoms with E-state index in [4.69, 9.17) is 4.79 Å². The summed E-state index contributed by atoms with van der Waals surface area (Å²) in [4.78, 5) is 10.2. The average Bonchev–Trinajstić information content (AvgIpc) is 2.32. The number of carbonyl (C=O) groups is 1. The lowest BCUT2D eigenvalue weighted by Crippen LogP contribution is -2.40. The quantitative estimate of drug-likeness (QED) is 0.632. The number of hydrogen-bond acceptors (Lipinski definition) is 4. The molecule has 0 aromatic rings. The summed E-state index contributed by atoms with van der Waals surface area (Å²) in [5.74, 6) is 0.501. The maximum Gasteiger partial charge on any atom is 0.106 e. The minimum absolute atomic E-state index is 0.0938. The zero-order chi connectivity index (χ0) is 12.9. The van der Waals surface area contributed by atoms with Crippen molar-refractivity contribution in [2.24, 2.45) is 11.7 Å². The predicted octanol–water partition coefficient (Wildman–Crippen LogP) is 0.735. The Morgan fingerprint density at radius 1 is 1.33 bits per heavy atom. The van der Waals surface area contributed by atoms with Crippen molar-refractivity contribution in [2.75, 3.05) is 27.2 Å². The number of nitrogens with two attached hydrogens (primary N) is 1. The summed E-state index contributed by atoms with van der Waals surface area (Å²) < 4.78 is 0. The largest absolute Gasteiger partial charge is 0.392 e. The summed E-state index contributed by atoms with van der Waals surface area (Å²) in [5, 5.41) is 9.31. The second kappa shape index (κ2) is 16.0. The van der Waals surface area contributed by atoms with Crippen LogP contribution in [0.2, 0.25) is 0 Å². The van der Waals surface area contributed by atoms with Gasteiger partial charge >= 0.3 is 0 Å². The molecule has 1 saturated heterocycles. The van der Waals surface area contributed by atoms with Gasteiger partial charge in [-0.3, -0.25) is 0 Å². The van der Waals surface area contributed by atoms with Gasteiger partial charge in [-0.2, -0.15) is 0 Å². The smallest absolute Gasteiger partial charge is 0.106 e. The number of nitrogens with zero attached hydrogens (tertiary/aromatic N) is 1. The Bertz CT molecular complexity index is 113. The van der Waals surface area contributed by atoms with E-state index in [0.29, 0.717) is 5.92 Å². The van der Waals surface area contributed by atoms with Gasteiger partial charge in [0.15, 0.2) is 0 Å². The van der Waals surface area contributed by atoms with Crippen LogP contribution in [0.1, 0.15) is 27.2 Å². The lowest BCUT2D eigenvalue weighted by Gasteiger charge is -2.31. The maximum atomic E-state index is 9.31. The zero-order valence-corrected chi connectivity index (χ0v) is 10.9. The molecule has 4 heteroatoms. The highest BCUT2D eigenvalue weighted by Gasteiger charge is 2.21. The van der Waals surface area contributed by atoms with E-state index in [1.807, 2.05) is 20.6 Å². The molecule has 2 unspecified atom stereocenters. The highest BCUT2D eigenvalue weighted by molar-refractivity contribution is 5.10. The first-order valence-electron chi connectivity index (χ1n) is 5.43. The Hall–Kier alpha value is -0.450. The van der Waals surface area contributed by atoms with Crippen LogP contribution in [0, 0.1) is 5.92 Å². The van der Waals surface area contributed by atoms with Crippen LogP contribution in [0.15, 0.2) is 0 Å². The van der Waals surface area contributed by atoms with E-state index >= 15 is 0 Å². The Morgan fingerprint density at radius 3 is 2.00 bits per heavy atom. The Balaban J connectivity index is -0.000000208. The molecule has 0 aliphatic carbocycles. The molecule has 1 heterocycles. The molecule has 0 radical (unpaired) electrons. The van der Waals surface area contributed by atoms with E-state index in [1.54, 1.807) is 0 Å². The van der Waals surface area contributed by atoms with Gasteiger partial charge in [-0.15, -0.1) is 0 Å². The summed E-state index contributed by atoms with van der Waals surface area (Å²) in [6.07, 6.45) is 1.04. The van der Waals surface area contributed by atoms with Crippen LogP contribution >= 0.6 is 0 Å². The Labute approximate surface area is 94.5 Å². The van der Waals surface area contributed by atoms with Crippen LogP contribution in [0.3, 0.4) is 0 Å². The molecule has 3 N–H and O–H groups in total. The molecule has 1 aliphatic heterocycles. The molecule has 0 bridgehead atoms. The van der Waals surface area contributed by atoms with Gasteiger partial charge in [0.25, 0.3) is 0 Å². The molecular formula is C11H28N2O2. The SMILES string of the molecule is C=O.CC.CC1CCN(C)CC1O.CN. The van der Waals surface area contributed by atoms with Crippen LogP contribution in [0.5, 0.6) is 0 Å². The lowest BCUT2D eigenvalue weighted by atomic mass is 9.97. The summed E-state index contributed by atoms with van der Waals surface area (Å²) in [6.45, 7) is 10.1. The summed E-state index contributed by atoms with van der Waals surface area (Å²) in [6, 6.07) is 0. The van der Waals surface area contributed by atoms with E-state index in [-0.39, 0.29) is 6.10 Å². The van der Waals surface area contributed by atoms with Gasteiger partial charge in [0.1, 0.15) is 6.79 Å². The lowest BCUT2D eigenvalue weighted by molar-refractivity contribution is -0.0979. The molecular weight excluding hydrogens is 192 g/mol. The highest BCUT2D eigenvalue weighted by Crippen LogP contribution is 2.14. The highest BCUT2D eigenvalue weighted by atomic mass is 16.3. The fraction of sp³-hybridized carbons (Fsp3) is 0.909. The summed E-state index contributed by atoms with van der Waals surface area (Å²) in [7, 11) is 3.55. The maximum absolute atomic E-state index is 9.31. The van der Waals surface area contributed by atoms with Crippen LogP contribution < -0.4 is 5.73 Å². The Morgan fingerprint density at radius 2 is 1.73 bits per heavy atom. The third-order valence-corrected chi connectivity index (χ3v) is 2.12. The molecule has 1 rings (SSSR count). The van der Waals surface area contributed by atoms with E-state index in [2.05, 4.69) is 24.6 Å². The molecule has 1 fully saturated rings. The van der Waals surface area contributed by atoms with Crippen molar-refractivity contribution < 1.29 is 9.90 Å². The first kappa shape index (κ1) is 20.0. The van der Waals surface area contributed by atoms with Crippen molar-refractivity contribution in [1.82, 2.24) is 4.90 Å². The molecule has 1 aliphatic rings. The van der Waals surface area contributed by atoms with E-state index in [0.717, 1.165) is 19.5 Å². The average molecular weight is 220 g/mol. The first-order chi connectivity index (χ1) is 7.20. The number of hydrogen-bond donors (Lipinski definition) is 2. The van der Waals surface area contributed by atoms with Gasteiger partial charge in [-0.25, -0.2) is 0 Å². The van der Waals surface area contributed by atoms with Crippen molar-refractivity contribution in [3.63, 3.8) is 0 Å². The van der Waals surface area contributed by atoms with Gasteiger partial charge in [0.05, 0.1) is 6.10 Å². The predicted molar refractivity (Wildman–Crippen MR) is 65.9 cm³/mol. The zero-order valence-electron chi connectivity index (χ0n) is 10.9. The monoisotopic (exact) mass is 220 g/mol. The first-order valence-corrected chi connectivity index (χ1v) is 5.43. The van der Waals surface area contributed by atoms with Crippen LogP contribution in [0.25, 0.3) is 0 Å². The van der Waals surface area contributed by atoms with Crippen molar-refractivity contribution >= 4 is 6.79 Å². The van der Waals surface area contributed by atoms with E-state index in [9.17, 15) is 5.11 Å². The summed E-state index contributed by atoms with van der Waals surface area (Å²) in [5.41, 5.74) is 4.50. The van der Waals surface area contributed by atoms with E-state index in [1.165, 1.54) is 7.05 Å². The minimum Gasteiger partial charge on any atom is -0.392 e. The van der Waals surface area contributed by atoms with Crippen molar-refractivity contribution in [1.29, 1.82) is 0 Å². The fourth-order valence-electron chi connectivity index (χ4n) is 1.21. The van der Waals surface area contributed by atoms with Crippen molar-refractivity contribution in [2.45, 2.75) is 33.3 Å². The number of likely N-dealkylation sites (tertiary alicyclic amines) is 1. The molecule has 0 aromatic heterocycles. The van der Waals surface area contributed by atoms with Gasteiger partial charge < -0.3 is 20.5 Å². The number of likely N-dealkylation sites (N-methyl/N-ethyl adjacent to an activating group) is 1. The van der Waals surface area contributed by atoms with E-state index < -0.39 is 0 Å². The number of piperidine rings is 1. The molecule has 2 atom stereocenters. The number of carbonyl (C=O) groups excluding carboxylic acids is 1. The molecule has 0 amide bonds. The number of rotatable bonds is 0. The normalized spacial score (nSPS) is 24.5. The van der Waals surface area contributed by atoms with Crippen LogP contribution in [-0.2, 0) is 4.79 Å². The van der Waals surface area contributed by atoms with Gasteiger partial charge in [-0.05, 0) is 33.0 Å². The number of aliphatic hydroxyl groups excluding tert-OH is 1. The minimum atomic E-state index is -0.0938. The van der Waals surface area contributed by atoms with Crippen LogP contribution in [-0.4, -0.2) is 50.1 Å². The standard InChI is InChI=1S/C7H15NO.C2H6.CH5N.CH2O/c1-6-3-4-8(2)5-7(6)9;3*1-2/h6-7,9H,3-5H2,1-2H3;1-2H3;2H2,1H3;1H2. The second-order valence-corrected chi connectivity index (χ2v) is 3.10. The molecule has 0 spiro atoms. The van der Waals surface area contributed by atoms with Crippen molar-refractivity contribution in [3.05, 3.63) is 0 Å². The number of aliphatic hydroxyl groups is 1. The Kier molecular flexibility index (Phi) is 21.4. The fourth-order valence-corrected chi connectivity index (χ4v) is 1.21. The second-order valence-electron chi connectivity index (χ2n) is 3.10. The molecule has 4 nitrogen and oxygen atoms in total. The molecule has 0 aromatic carbocycles. The van der Waals surface area contributed by atoms with Gasteiger partial charge in [0, 0.05) is 6.54 Å². The molecule has 0 saturated carbocycles. The van der Waals surface area contributed by atoms with Gasteiger partial charge in [-0.1, -0.05) is 20.8 Å². The van der Waals surface area contributed by atoms with Gasteiger partial charge in [0.2, 0.25) is 0 Å². The van der Waals surface area contributed by atoms with Crippen molar-refractivity contribution in [3.8, 4) is 0 Å². The number of β-amino-alcohol motifs (C(OH)–C–C–N with tert-alkyl or cyclic N) is 1. The molecule has 94 valence electrons. The molecule has 15 heavy (non-hydrogen) atoms. The third kappa shape index (κ3) is 11.5.